The highest BCUT2D eigenvalue weighted by molar-refractivity contribution is 5.18. The van der Waals surface area contributed by atoms with Gasteiger partial charge in [0.15, 0.2) is 0 Å². The third-order valence-corrected chi connectivity index (χ3v) is 3.89. The molecule has 0 unspecified atom stereocenters. The van der Waals surface area contributed by atoms with E-state index in [-0.39, 0.29) is 0 Å². The molecule has 0 aliphatic heterocycles. The summed E-state index contributed by atoms with van der Waals surface area (Å²) in [5.74, 6) is 2.62. The monoisotopic (exact) mass is 248 g/mol. The highest BCUT2D eigenvalue weighted by atomic mass is 15.1. The van der Waals surface area contributed by atoms with Crippen LogP contribution >= 0.6 is 0 Å². The van der Waals surface area contributed by atoms with Crippen LogP contribution in [-0.2, 0) is 6.42 Å². The second-order valence-corrected chi connectivity index (χ2v) is 6.16. The summed E-state index contributed by atoms with van der Waals surface area (Å²) in [6, 6.07) is 0. The molecule has 2 rings (SSSR count). The number of anilines is 1. The molecule has 4 heteroatoms. The van der Waals surface area contributed by atoms with Gasteiger partial charge in [0.2, 0.25) is 5.95 Å². The number of nitrogens with zero attached hydrogens (tertiary/aromatic N) is 3. The van der Waals surface area contributed by atoms with E-state index in [4.69, 9.17) is 5.73 Å². The Balaban J connectivity index is 2.13. The molecule has 1 aliphatic rings. The molecule has 1 saturated carbocycles. The minimum atomic E-state index is 0.383. The molecule has 0 amide bonds. The normalized spacial score (nSPS) is 19.9. The number of hydrogen-bond acceptors (Lipinski definition) is 4. The van der Waals surface area contributed by atoms with Gasteiger partial charge in [-0.25, -0.2) is 4.98 Å². The maximum absolute atomic E-state index is 5.79. The second-order valence-electron chi connectivity index (χ2n) is 6.16. The zero-order valence-corrected chi connectivity index (χ0v) is 11.7. The number of hydrogen-bond donors (Lipinski definition) is 1. The summed E-state index contributed by atoms with van der Waals surface area (Å²) in [5.41, 5.74) is 6.26. The molecule has 0 radical (unpaired) electrons. The van der Waals surface area contributed by atoms with Crippen LogP contribution in [0.15, 0.2) is 0 Å². The maximum atomic E-state index is 5.79. The van der Waals surface area contributed by atoms with Gasteiger partial charge in [-0.1, -0.05) is 20.8 Å². The number of rotatable bonds is 3. The van der Waals surface area contributed by atoms with Crippen molar-refractivity contribution in [3.05, 3.63) is 11.6 Å². The van der Waals surface area contributed by atoms with Crippen LogP contribution in [0.3, 0.4) is 0 Å². The molecule has 1 aromatic rings. The Bertz CT molecular complexity index is 404. The Morgan fingerprint density at radius 3 is 2.44 bits per heavy atom. The first-order valence-corrected chi connectivity index (χ1v) is 7.00. The summed E-state index contributed by atoms with van der Waals surface area (Å²) in [7, 11) is 0. The lowest BCUT2D eigenvalue weighted by Crippen LogP contribution is -2.22. The number of nitrogen functional groups attached to an aromatic ring is 1. The van der Waals surface area contributed by atoms with E-state index >= 15 is 0 Å². The van der Waals surface area contributed by atoms with Crippen molar-refractivity contribution < 1.29 is 0 Å². The van der Waals surface area contributed by atoms with E-state index < -0.39 is 0 Å². The Hall–Kier alpha value is -1.19. The molecule has 1 heterocycles. The SMILES string of the molecule is CCCc1nc(N)nc(C2CCC(C)(C)CC2)n1. The van der Waals surface area contributed by atoms with E-state index in [0.29, 0.717) is 17.3 Å². The standard InChI is InChI=1S/C14H24N4/c1-4-5-11-16-12(18-13(15)17-11)10-6-8-14(2,3)9-7-10/h10H,4-9H2,1-3H3,(H2,15,16,17,18). The summed E-state index contributed by atoms with van der Waals surface area (Å²) in [5, 5.41) is 0. The number of aromatic nitrogens is 3. The fraction of sp³-hybridized carbons (Fsp3) is 0.786. The molecule has 0 spiro atoms. The molecular formula is C14H24N4. The first-order valence-electron chi connectivity index (χ1n) is 7.00. The zero-order valence-electron chi connectivity index (χ0n) is 11.7. The lowest BCUT2D eigenvalue weighted by molar-refractivity contribution is 0.220. The van der Waals surface area contributed by atoms with Crippen LogP contribution < -0.4 is 5.73 Å². The van der Waals surface area contributed by atoms with Gasteiger partial charge in [-0.2, -0.15) is 9.97 Å². The van der Waals surface area contributed by atoms with Crippen molar-refractivity contribution in [3.8, 4) is 0 Å². The van der Waals surface area contributed by atoms with Crippen molar-refractivity contribution in [1.82, 2.24) is 15.0 Å². The molecule has 1 fully saturated rings. The fourth-order valence-corrected chi connectivity index (χ4v) is 2.63. The number of aryl methyl sites for hydroxylation is 1. The Morgan fingerprint density at radius 1 is 1.17 bits per heavy atom. The summed E-state index contributed by atoms with van der Waals surface area (Å²) in [4.78, 5) is 13.1. The molecule has 4 nitrogen and oxygen atoms in total. The zero-order chi connectivity index (χ0) is 13.2. The van der Waals surface area contributed by atoms with E-state index in [2.05, 4.69) is 35.7 Å². The first-order chi connectivity index (χ1) is 8.50. The van der Waals surface area contributed by atoms with Gasteiger partial charge in [0.1, 0.15) is 11.6 Å². The van der Waals surface area contributed by atoms with Crippen molar-refractivity contribution in [2.45, 2.75) is 65.2 Å². The average Bonchev–Trinajstić information content (AvgIpc) is 2.28. The van der Waals surface area contributed by atoms with Crippen LogP contribution in [0, 0.1) is 5.41 Å². The minimum Gasteiger partial charge on any atom is -0.368 e. The van der Waals surface area contributed by atoms with Crippen molar-refractivity contribution >= 4 is 5.95 Å². The lowest BCUT2D eigenvalue weighted by atomic mass is 9.73. The maximum Gasteiger partial charge on any atom is 0.223 e. The van der Waals surface area contributed by atoms with Crippen molar-refractivity contribution in [2.24, 2.45) is 5.41 Å². The molecule has 0 bridgehead atoms. The van der Waals surface area contributed by atoms with E-state index in [9.17, 15) is 0 Å². The summed E-state index contributed by atoms with van der Waals surface area (Å²) in [6.45, 7) is 6.81. The van der Waals surface area contributed by atoms with Crippen LogP contribution in [0.25, 0.3) is 0 Å². The second kappa shape index (κ2) is 5.21. The van der Waals surface area contributed by atoms with Gasteiger partial charge < -0.3 is 5.73 Å². The molecule has 0 aromatic carbocycles. The van der Waals surface area contributed by atoms with E-state index in [0.717, 1.165) is 24.5 Å². The van der Waals surface area contributed by atoms with Gasteiger partial charge in [-0.15, -0.1) is 0 Å². The summed E-state index contributed by atoms with van der Waals surface area (Å²) in [6.07, 6.45) is 6.75. The van der Waals surface area contributed by atoms with Crippen molar-refractivity contribution in [3.63, 3.8) is 0 Å². The Morgan fingerprint density at radius 2 is 1.83 bits per heavy atom. The van der Waals surface area contributed by atoms with Crippen LogP contribution in [-0.4, -0.2) is 15.0 Å². The predicted octanol–water partition coefficient (Wildman–Crippen LogP) is 3.09. The van der Waals surface area contributed by atoms with E-state index in [1.54, 1.807) is 0 Å². The molecule has 2 N–H and O–H groups in total. The van der Waals surface area contributed by atoms with Crippen LogP contribution in [0.1, 0.15) is 70.4 Å². The van der Waals surface area contributed by atoms with Gasteiger partial charge in [-0.3, -0.25) is 0 Å². The molecule has 18 heavy (non-hydrogen) atoms. The predicted molar refractivity (Wildman–Crippen MR) is 73.2 cm³/mol. The Kier molecular flexibility index (Phi) is 3.83. The van der Waals surface area contributed by atoms with Gasteiger partial charge in [0.05, 0.1) is 0 Å². The molecule has 0 saturated heterocycles. The van der Waals surface area contributed by atoms with Crippen LogP contribution in [0.2, 0.25) is 0 Å². The van der Waals surface area contributed by atoms with Gasteiger partial charge in [0.25, 0.3) is 0 Å². The first kappa shape index (κ1) is 13.2. The van der Waals surface area contributed by atoms with Crippen molar-refractivity contribution in [1.29, 1.82) is 0 Å². The van der Waals surface area contributed by atoms with Gasteiger partial charge >= 0.3 is 0 Å². The Labute approximate surface area is 109 Å². The van der Waals surface area contributed by atoms with E-state index in [1.807, 2.05) is 0 Å². The molecule has 1 aliphatic carbocycles. The van der Waals surface area contributed by atoms with Crippen molar-refractivity contribution in [2.75, 3.05) is 5.73 Å². The topological polar surface area (TPSA) is 64.7 Å². The molecule has 0 atom stereocenters. The average molecular weight is 248 g/mol. The van der Waals surface area contributed by atoms with Crippen LogP contribution in [0.5, 0.6) is 0 Å². The number of nitrogens with two attached hydrogens (primary N) is 1. The quantitative estimate of drug-likeness (QED) is 0.892. The summed E-state index contributed by atoms with van der Waals surface area (Å²) < 4.78 is 0. The molecular weight excluding hydrogens is 224 g/mol. The molecule has 1 aromatic heterocycles. The van der Waals surface area contributed by atoms with E-state index in [1.165, 1.54) is 25.7 Å². The highest BCUT2D eigenvalue weighted by Gasteiger charge is 2.29. The fourth-order valence-electron chi connectivity index (χ4n) is 2.63. The lowest BCUT2D eigenvalue weighted by Gasteiger charge is -2.33. The van der Waals surface area contributed by atoms with Gasteiger partial charge in [0, 0.05) is 12.3 Å². The highest BCUT2D eigenvalue weighted by Crippen LogP contribution is 2.41. The van der Waals surface area contributed by atoms with Crippen LogP contribution in [0.4, 0.5) is 5.95 Å². The summed E-state index contributed by atoms with van der Waals surface area (Å²) >= 11 is 0. The van der Waals surface area contributed by atoms with Gasteiger partial charge in [-0.05, 0) is 37.5 Å². The molecule has 100 valence electrons. The largest absolute Gasteiger partial charge is 0.368 e. The smallest absolute Gasteiger partial charge is 0.223 e. The third-order valence-electron chi connectivity index (χ3n) is 3.89. The third kappa shape index (κ3) is 3.18. The minimum absolute atomic E-state index is 0.383.